The van der Waals surface area contributed by atoms with Crippen LogP contribution >= 0.6 is 0 Å². The first-order valence-electron chi connectivity index (χ1n) is 6.19. The maximum absolute atomic E-state index is 5.68. The van der Waals surface area contributed by atoms with Crippen LogP contribution in [0.25, 0.3) is 11.0 Å². The van der Waals surface area contributed by atoms with Crippen LogP contribution in [0.1, 0.15) is 11.1 Å². The molecule has 0 spiro atoms. The average Bonchev–Trinajstić information content (AvgIpc) is 2.42. The highest BCUT2D eigenvalue weighted by Gasteiger charge is 2.04. The molecule has 0 atom stereocenters. The molecule has 2 aromatic carbocycles. The summed E-state index contributed by atoms with van der Waals surface area (Å²) in [4.78, 5) is 8.88. The van der Waals surface area contributed by atoms with Gasteiger partial charge in [-0.25, -0.2) is 9.97 Å². The molecule has 94 valence electrons. The van der Waals surface area contributed by atoms with Crippen molar-refractivity contribution in [1.82, 2.24) is 9.97 Å². The molecule has 0 radical (unpaired) electrons. The average molecular weight is 250 g/mol. The molecule has 0 amide bonds. The Kier molecular flexibility index (Phi) is 2.88. The Morgan fingerprint density at radius 1 is 0.895 bits per heavy atom. The second kappa shape index (κ2) is 4.69. The summed E-state index contributed by atoms with van der Waals surface area (Å²) in [5, 5.41) is 0. The van der Waals surface area contributed by atoms with Gasteiger partial charge in [-0.2, -0.15) is 0 Å². The molecule has 0 N–H and O–H groups in total. The Bertz CT molecular complexity index is 723. The lowest BCUT2D eigenvalue weighted by Gasteiger charge is -2.06. The summed E-state index contributed by atoms with van der Waals surface area (Å²) in [6.07, 6.45) is 1.66. The van der Waals surface area contributed by atoms with Crippen LogP contribution < -0.4 is 4.74 Å². The number of nitrogens with zero attached hydrogens (tertiary/aromatic N) is 2. The topological polar surface area (TPSA) is 35.0 Å². The van der Waals surface area contributed by atoms with Crippen LogP contribution in [0.2, 0.25) is 0 Å². The summed E-state index contributed by atoms with van der Waals surface area (Å²) < 4.78 is 5.68. The summed E-state index contributed by atoms with van der Waals surface area (Å²) in [5.41, 5.74) is 4.18. The molecule has 0 bridgehead atoms. The van der Waals surface area contributed by atoms with Crippen molar-refractivity contribution in [3.63, 3.8) is 0 Å². The van der Waals surface area contributed by atoms with Crippen molar-refractivity contribution in [3.05, 3.63) is 59.8 Å². The molecule has 0 aliphatic heterocycles. The van der Waals surface area contributed by atoms with Crippen LogP contribution in [0.15, 0.2) is 48.7 Å². The largest absolute Gasteiger partial charge is 0.437 e. The second-order valence-corrected chi connectivity index (χ2v) is 4.55. The molecule has 0 fully saturated rings. The van der Waals surface area contributed by atoms with E-state index in [1.165, 1.54) is 11.1 Å². The lowest BCUT2D eigenvalue weighted by atomic mass is 10.1. The molecular formula is C16H14N2O. The highest BCUT2D eigenvalue weighted by atomic mass is 16.5. The molecule has 1 heterocycles. The van der Waals surface area contributed by atoms with Crippen molar-refractivity contribution >= 4 is 11.0 Å². The van der Waals surface area contributed by atoms with Gasteiger partial charge in [0.1, 0.15) is 5.75 Å². The number of aryl methyl sites for hydroxylation is 2. The maximum atomic E-state index is 5.68. The van der Waals surface area contributed by atoms with Crippen molar-refractivity contribution in [3.8, 4) is 11.6 Å². The quantitative estimate of drug-likeness (QED) is 0.688. The molecule has 19 heavy (non-hydrogen) atoms. The molecule has 3 rings (SSSR count). The van der Waals surface area contributed by atoms with Gasteiger partial charge in [-0.05, 0) is 49.2 Å². The van der Waals surface area contributed by atoms with E-state index >= 15 is 0 Å². The van der Waals surface area contributed by atoms with E-state index < -0.39 is 0 Å². The van der Waals surface area contributed by atoms with Gasteiger partial charge < -0.3 is 4.74 Å². The Hall–Kier alpha value is -2.42. The van der Waals surface area contributed by atoms with Gasteiger partial charge in [0.2, 0.25) is 5.88 Å². The highest BCUT2D eigenvalue weighted by Crippen LogP contribution is 2.22. The van der Waals surface area contributed by atoms with Crippen LogP contribution in [0, 0.1) is 13.8 Å². The van der Waals surface area contributed by atoms with E-state index in [1.54, 1.807) is 6.20 Å². The number of para-hydroxylation sites is 1. The molecule has 0 saturated carbocycles. The van der Waals surface area contributed by atoms with E-state index in [0.717, 1.165) is 16.8 Å². The predicted octanol–water partition coefficient (Wildman–Crippen LogP) is 4.04. The van der Waals surface area contributed by atoms with Gasteiger partial charge in [0, 0.05) is 0 Å². The molecular weight excluding hydrogens is 236 g/mol. The number of ether oxygens (including phenoxy) is 1. The van der Waals surface area contributed by atoms with E-state index in [-0.39, 0.29) is 0 Å². The normalized spacial score (nSPS) is 10.6. The Morgan fingerprint density at radius 2 is 1.58 bits per heavy atom. The summed E-state index contributed by atoms with van der Waals surface area (Å²) in [7, 11) is 0. The lowest BCUT2D eigenvalue weighted by Crippen LogP contribution is -1.92. The van der Waals surface area contributed by atoms with Crippen molar-refractivity contribution in [2.45, 2.75) is 13.8 Å². The van der Waals surface area contributed by atoms with Gasteiger partial charge in [-0.15, -0.1) is 0 Å². The highest BCUT2D eigenvalue weighted by molar-refractivity contribution is 5.76. The van der Waals surface area contributed by atoms with E-state index in [1.807, 2.05) is 42.5 Å². The van der Waals surface area contributed by atoms with Crippen molar-refractivity contribution < 1.29 is 4.74 Å². The van der Waals surface area contributed by atoms with Gasteiger partial charge in [0.25, 0.3) is 0 Å². The van der Waals surface area contributed by atoms with Crippen molar-refractivity contribution in [2.75, 3.05) is 0 Å². The first-order chi connectivity index (χ1) is 9.22. The van der Waals surface area contributed by atoms with Gasteiger partial charge in [0.05, 0.1) is 17.2 Å². The minimum atomic E-state index is 0.516. The summed E-state index contributed by atoms with van der Waals surface area (Å²) in [6.45, 7) is 4.14. The Labute approximate surface area is 111 Å². The fourth-order valence-electron chi connectivity index (χ4n) is 1.91. The third kappa shape index (κ3) is 2.40. The first kappa shape index (κ1) is 11.7. The van der Waals surface area contributed by atoms with Gasteiger partial charge >= 0.3 is 0 Å². The standard InChI is InChI=1S/C16H14N2O/c1-11-8-14-15(9-12(11)2)18-16(10-17-14)19-13-6-4-3-5-7-13/h3-10H,1-2H3. The summed E-state index contributed by atoms with van der Waals surface area (Å²) >= 11 is 0. The SMILES string of the molecule is Cc1cc2ncc(Oc3ccccc3)nc2cc1C. The zero-order chi connectivity index (χ0) is 13.2. The molecule has 0 saturated heterocycles. The third-order valence-electron chi connectivity index (χ3n) is 3.10. The van der Waals surface area contributed by atoms with Gasteiger partial charge in [-0.1, -0.05) is 18.2 Å². The van der Waals surface area contributed by atoms with Gasteiger partial charge in [-0.3, -0.25) is 0 Å². The number of hydrogen-bond donors (Lipinski definition) is 0. The van der Waals surface area contributed by atoms with Crippen LogP contribution in [-0.2, 0) is 0 Å². The second-order valence-electron chi connectivity index (χ2n) is 4.55. The third-order valence-corrected chi connectivity index (χ3v) is 3.10. The molecule has 3 nitrogen and oxygen atoms in total. The van der Waals surface area contributed by atoms with Crippen LogP contribution in [0.4, 0.5) is 0 Å². The molecule has 0 aliphatic carbocycles. The summed E-state index contributed by atoms with van der Waals surface area (Å²) in [6, 6.07) is 13.7. The summed E-state index contributed by atoms with van der Waals surface area (Å²) in [5.74, 6) is 1.28. The number of benzene rings is 2. The molecule has 0 unspecified atom stereocenters. The van der Waals surface area contributed by atoms with E-state index in [9.17, 15) is 0 Å². The van der Waals surface area contributed by atoms with Crippen molar-refractivity contribution in [2.24, 2.45) is 0 Å². The smallest absolute Gasteiger partial charge is 0.238 e. The van der Waals surface area contributed by atoms with E-state index in [4.69, 9.17) is 4.74 Å². The van der Waals surface area contributed by atoms with Crippen LogP contribution in [0.3, 0.4) is 0 Å². The zero-order valence-electron chi connectivity index (χ0n) is 10.9. The molecule has 3 aromatic rings. The Balaban J connectivity index is 2.00. The Morgan fingerprint density at radius 3 is 2.32 bits per heavy atom. The lowest BCUT2D eigenvalue weighted by molar-refractivity contribution is 0.463. The minimum absolute atomic E-state index is 0.516. The predicted molar refractivity (Wildman–Crippen MR) is 75.5 cm³/mol. The zero-order valence-corrected chi connectivity index (χ0v) is 10.9. The monoisotopic (exact) mass is 250 g/mol. The van der Waals surface area contributed by atoms with E-state index in [0.29, 0.717) is 5.88 Å². The van der Waals surface area contributed by atoms with E-state index in [2.05, 4.69) is 23.8 Å². The molecule has 0 aliphatic rings. The first-order valence-corrected chi connectivity index (χ1v) is 6.19. The number of aromatic nitrogens is 2. The van der Waals surface area contributed by atoms with Crippen LogP contribution in [0.5, 0.6) is 11.6 Å². The fraction of sp³-hybridized carbons (Fsp3) is 0.125. The number of fused-ring (bicyclic) bond motifs is 1. The number of hydrogen-bond acceptors (Lipinski definition) is 3. The van der Waals surface area contributed by atoms with Crippen molar-refractivity contribution in [1.29, 1.82) is 0 Å². The minimum Gasteiger partial charge on any atom is -0.437 e. The maximum Gasteiger partial charge on any atom is 0.238 e. The fourth-order valence-corrected chi connectivity index (χ4v) is 1.91. The molecule has 3 heteroatoms. The van der Waals surface area contributed by atoms with Gasteiger partial charge in [0.15, 0.2) is 0 Å². The van der Waals surface area contributed by atoms with Crippen LogP contribution in [-0.4, -0.2) is 9.97 Å². The number of rotatable bonds is 2. The molecule has 1 aromatic heterocycles.